The number of amides is 1. The number of hydrogen-bond donors (Lipinski definition) is 3. The van der Waals surface area contributed by atoms with Crippen LogP contribution in [0.4, 0.5) is 0 Å². The Hall–Kier alpha value is -2.86. The molecule has 4 rings (SSSR count). The van der Waals surface area contributed by atoms with Crippen molar-refractivity contribution in [1.82, 2.24) is 15.3 Å². The molecule has 4 N–H and O–H groups in total. The molecule has 1 unspecified atom stereocenters. The molecule has 0 bridgehead atoms. The zero-order valence-corrected chi connectivity index (χ0v) is 18.8. The van der Waals surface area contributed by atoms with Crippen molar-refractivity contribution in [3.8, 4) is 11.5 Å². The average molecular weight is 423 g/mol. The van der Waals surface area contributed by atoms with Gasteiger partial charge in [-0.05, 0) is 55.5 Å². The number of rotatable bonds is 6. The molecule has 3 aromatic rings. The molecular weight excluding hydrogens is 388 g/mol. The van der Waals surface area contributed by atoms with E-state index in [0.29, 0.717) is 6.42 Å². The fraction of sp³-hybridized carbons (Fsp3) is 0.440. The van der Waals surface area contributed by atoms with Crippen LogP contribution in [0.2, 0.25) is 0 Å². The van der Waals surface area contributed by atoms with Gasteiger partial charge in [0.2, 0.25) is 5.91 Å². The Morgan fingerprint density at radius 3 is 2.61 bits per heavy atom. The zero-order valence-electron chi connectivity index (χ0n) is 18.8. The largest absolute Gasteiger partial charge is 0.457 e. The monoisotopic (exact) mass is 422 g/mol. The Kier molecular flexibility index (Phi) is 8.06. The van der Waals surface area contributed by atoms with Crippen LogP contribution in [0.5, 0.6) is 11.5 Å². The van der Waals surface area contributed by atoms with Crippen molar-refractivity contribution in [3.63, 3.8) is 0 Å². The lowest BCUT2D eigenvalue weighted by molar-refractivity contribution is -0.123. The summed E-state index contributed by atoms with van der Waals surface area (Å²) in [5, 5.41) is 4.09. The van der Waals surface area contributed by atoms with E-state index in [1.807, 2.05) is 57.3 Å². The highest BCUT2D eigenvalue weighted by Gasteiger charge is 2.20. The Morgan fingerprint density at radius 1 is 1.19 bits per heavy atom. The molecule has 0 spiro atoms. The first-order valence-electron chi connectivity index (χ1n) is 11.4. The summed E-state index contributed by atoms with van der Waals surface area (Å²) in [6.07, 6.45) is 9.93. The van der Waals surface area contributed by atoms with Crippen molar-refractivity contribution in [2.45, 2.75) is 71.4 Å². The predicted molar refractivity (Wildman–Crippen MR) is 125 cm³/mol. The van der Waals surface area contributed by atoms with Gasteiger partial charge in [-0.1, -0.05) is 45.2 Å². The van der Waals surface area contributed by atoms with Crippen molar-refractivity contribution in [2.24, 2.45) is 5.73 Å². The Balaban J connectivity index is 0.00000132. The van der Waals surface area contributed by atoms with Crippen molar-refractivity contribution < 1.29 is 9.53 Å². The minimum Gasteiger partial charge on any atom is -0.457 e. The van der Waals surface area contributed by atoms with Crippen LogP contribution in [0.3, 0.4) is 0 Å². The van der Waals surface area contributed by atoms with Gasteiger partial charge >= 0.3 is 0 Å². The summed E-state index contributed by atoms with van der Waals surface area (Å²) >= 11 is 0. The molecule has 1 saturated carbocycles. The highest BCUT2D eigenvalue weighted by Crippen LogP contribution is 2.31. The average Bonchev–Trinajstić information content (AvgIpc) is 3.19. The summed E-state index contributed by atoms with van der Waals surface area (Å²) in [6.45, 7) is 6.02. The van der Waals surface area contributed by atoms with Gasteiger partial charge in [0.05, 0.1) is 11.4 Å². The molecule has 1 fully saturated rings. The minimum atomic E-state index is -0.536. The van der Waals surface area contributed by atoms with E-state index in [9.17, 15) is 4.79 Å². The first-order chi connectivity index (χ1) is 15.1. The lowest BCUT2D eigenvalue weighted by atomic mass is 9.95. The van der Waals surface area contributed by atoms with Crippen LogP contribution < -0.4 is 15.8 Å². The molecule has 2 aromatic heterocycles. The fourth-order valence-corrected chi connectivity index (χ4v) is 3.99. The van der Waals surface area contributed by atoms with Gasteiger partial charge in [-0.25, -0.2) is 4.98 Å². The van der Waals surface area contributed by atoms with E-state index in [0.717, 1.165) is 46.5 Å². The molecule has 1 amide bonds. The van der Waals surface area contributed by atoms with Crippen molar-refractivity contribution in [3.05, 3.63) is 53.9 Å². The van der Waals surface area contributed by atoms with Crippen molar-refractivity contribution >= 4 is 16.9 Å². The number of H-pyrrole nitrogens is 1. The number of ether oxygens (including phenoxy) is 1. The quantitative estimate of drug-likeness (QED) is 0.521. The highest BCUT2D eigenvalue weighted by molar-refractivity contribution is 5.86. The number of nitrogens with one attached hydrogen (secondary N) is 2. The van der Waals surface area contributed by atoms with E-state index in [2.05, 4.69) is 15.3 Å². The second-order valence-electron chi connectivity index (χ2n) is 7.90. The van der Waals surface area contributed by atoms with Crippen LogP contribution in [0.1, 0.15) is 57.1 Å². The van der Waals surface area contributed by atoms with E-state index in [1.54, 1.807) is 6.20 Å². The summed E-state index contributed by atoms with van der Waals surface area (Å²) in [7, 11) is 0. The number of aromatic nitrogens is 2. The van der Waals surface area contributed by atoms with Crippen LogP contribution in [-0.2, 0) is 11.2 Å². The Bertz CT molecular complexity index is 975. The van der Waals surface area contributed by atoms with Crippen LogP contribution in [0.25, 0.3) is 11.0 Å². The zero-order chi connectivity index (χ0) is 22.2. The maximum Gasteiger partial charge on any atom is 0.237 e. The van der Waals surface area contributed by atoms with E-state index >= 15 is 0 Å². The van der Waals surface area contributed by atoms with Gasteiger partial charge in [0, 0.05) is 18.4 Å². The number of nitrogens with zero attached hydrogens (tertiary/aromatic N) is 1. The minimum absolute atomic E-state index is 0.0562. The Morgan fingerprint density at radius 2 is 1.90 bits per heavy atom. The molecule has 1 aliphatic rings. The molecule has 166 valence electrons. The topological polar surface area (TPSA) is 93.0 Å². The van der Waals surface area contributed by atoms with Crippen molar-refractivity contribution in [2.75, 3.05) is 0 Å². The van der Waals surface area contributed by atoms with Crippen LogP contribution in [0, 0.1) is 6.92 Å². The third kappa shape index (κ3) is 5.85. The molecule has 1 atom stereocenters. The summed E-state index contributed by atoms with van der Waals surface area (Å²) in [6, 6.07) is 9.36. The van der Waals surface area contributed by atoms with Gasteiger partial charge in [0.15, 0.2) is 0 Å². The van der Waals surface area contributed by atoms with Gasteiger partial charge in [0.25, 0.3) is 0 Å². The molecule has 2 heterocycles. The first-order valence-corrected chi connectivity index (χ1v) is 11.4. The van der Waals surface area contributed by atoms with Crippen molar-refractivity contribution in [1.29, 1.82) is 0 Å². The number of pyridine rings is 1. The number of aromatic amines is 1. The van der Waals surface area contributed by atoms with E-state index in [1.165, 1.54) is 19.3 Å². The van der Waals surface area contributed by atoms with Gasteiger partial charge < -0.3 is 20.8 Å². The maximum atomic E-state index is 12.4. The Labute approximate surface area is 184 Å². The fourth-order valence-electron chi connectivity index (χ4n) is 3.99. The van der Waals surface area contributed by atoms with Gasteiger partial charge in [-0.2, -0.15) is 0 Å². The predicted octanol–water partition coefficient (Wildman–Crippen LogP) is 5.01. The molecule has 0 saturated heterocycles. The second-order valence-corrected chi connectivity index (χ2v) is 7.90. The molecule has 0 aliphatic heterocycles. The standard InChI is InChI=1S/C23H28N4O2.C2H6/c1-15-14-26-22-21(15)20(11-12-25-22)29-18-9-7-16(8-10-18)13-19(24)23(28)27-17-5-3-2-4-6-17;1-2/h7-12,14,17,19H,2-6,13,24H2,1H3,(H,25,26)(H,27,28);1-2H3. The first kappa shape index (κ1) is 22.8. The molecule has 6 nitrogen and oxygen atoms in total. The summed E-state index contributed by atoms with van der Waals surface area (Å²) in [5.41, 5.74) is 9.06. The lowest BCUT2D eigenvalue weighted by Crippen LogP contribution is -2.46. The summed E-state index contributed by atoms with van der Waals surface area (Å²) < 4.78 is 6.07. The van der Waals surface area contributed by atoms with Gasteiger partial charge in [-0.15, -0.1) is 0 Å². The second kappa shape index (κ2) is 11.0. The number of hydrogen-bond acceptors (Lipinski definition) is 4. The number of aryl methyl sites for hydroxylation is 1. The third-order valence-corrected chi connectivity index (χ3v) is 5.63. The summed E-state index contributed by atoms with van der Waals surface area (Å²) in [4.78, 5) is 19.8. The molecule has 31 heavy (non-hydrogen) atoms. The number of nitrogens with two attached hydrogens (primary N) is 1. The lowest BCUT2D eigenvalue weighted by Gasteiger charge is -2.24. The molecule has 1 aliphatic carbocycles. The van der Waals surface area contributed by atoms with Gasteiger partial charge in [-0.3, -0.25) is 4.79 Å². The van der Waals surface area contributed by atoms with Gasteiger partial charge in [0.1, 0.15) is 17.1 Å². The van der Waals surface area contributed by atoms with E-state index in [4.69, 9.17) is 10.5 Å². The van der Waals surface area contributed by atoms with E-state index < -0.39 is 6.04 Å². The van der Waals surface area contributed by atoms with E-state index in [-0.39, 0.29) is 11.9 Å². The molecule has 0 radical (unpaired) electrons. The third-order valence-electron chi connectivity index (χ3n) is 5.63. The molecule has 1 aromatic carbocycles. The number of carbonyl (C=O) groups excluding carboxylic acids is 1. The molecular formula is C25H34N4O2. The number of carbonyl (C=O) groups is 1. The summed E-state index contributed by atoms with van der Waals surface area (Å²) in [5.74, 6) is 1.45. The van der Waals surface area contributed by atoms with Crippen LogP contribution >= 0.6 is 0 Å². The SMILES string of the molecule is CC.Cc1c[nH]c2nccc(Oc3ccc(CC(N)C(=O)NC4CCCCC4)cc3)c12. The highest BCUT2D eigenvalue weighted by atomic mass is 16.5. The van der Waals surface area contributed by atoms with Crippen LogP contribution in [-0.4, -0.2) is 28.0 Å². The van der Waals surface area contributed by atoms with Crippen LogP contribution in [0.15, 0.2) is 42.7 Å². The number of fused-ring (bicyclic) bond motifs is 1. The maximum absolute atomic E-state index is 12.4. The number of benzene rings is 1. The molecule has 6 heteroatoms. The normalized spacial score (nSPS) is 15.1. The smallest absolute Gasteiger partial charge is 0.237 e.